The van der Waals surface area contributed by atoms with Gasteiger partial charge in [0.15, 0.2) is 0 Å². The summed E-state index contributed by atoms with van der Waals surface area (Å²) in [6, 6.07) is 23.2. The highest BCUT2D eigenvalue weighted by atomic mass is 35.5. The van der Waals surface area contributed by atoms with Crippen LogP contribution in [0.15, 0.2) is 72.8 Å². The van der Waals surface area contributed by atoms with Gasteiger partial charge >= 0.3 is 6.15 Å². The molecule has 29 heavy (non-hydrogen) atoms. The molecular weight excluding hydrogens is 390 g/mol. The molecule has 0 radical (unpaired) electrons. The van der Waals surface area contributed by atoms with Crippen molar-refractivity contribution in [2.75, 3.05) is 5.32 Å². The minimum absolute atomic E-state index is 0.0315. The number of rotatable bonds is 6. The van der Waals surface area contributed by atoms with E-state index >= 15 is 0 Å². The van der Waals surface area contributed by atoms with E-state index in [0.717, 1.165) is 22.3 Å². The molecular formula is C23H20ClNO4. The lowest BCUT2D eigenvalue weighted by molar-refractivity contribution is -0.191. The largest absolute Gasteiger partial charge is 0.392 e. The summed E-state index contributed by atoms with van der Waals surface area (Å²) in [5, 5.41) is 12.6. The molecule has 0 spiro atoms. The van der Waals surface area contributed by atoms with Crippen molar-refractivity contribution in [2.24, 2.45) is 0 Å². The number of halogens is 1. The van der Waals surface area contributed by atoms with Crippen LogP contribution in [0, 0.1) is 0 Å². The second-order valence-electron chi connectivity index (χ2n) is 6.19. The number of benzene rings is 3. The van der Waals surface area contributed by atoms with Crippen LogP contribution in [-0.4, -0.2) is 17.2 Å². The number of hydrogen-bond acceptors (Lipinski definition) is 4. The molecule has 0 aliphatic carbocycles. The molecule has 0 fully saturated rings. The highest BCUT2D eigenvalue weighted by molar-refractivity contribution is 6.30. The summed E-state index contributed by atoms with van der Waals surface area (Å²) in [6.07, 6.45) is 1.34. The molecule has 0 saturated carbocycles. The third-order valence-corrected chi connectivity index (χ3v) is 4.41. The van der Waals surface area contributed by atoms with E-state index in [1.54, 1.807) is 12.1 Å². The number of nitrogens with one attached hydrogen (secondary N) is 1. The third-order valence-electron chi connectivity index (χ3n) is 4.17. The molecule has 3 rings (SSSR count). The van der Waals surface area contributed by atoms with Gasteiger partial charge in [-0.15, -0.1) is 0 Å². The summed E-state index contributed by atoms with van der Waals surface area (Å²) in [6.45, 7) is 0.0521. The molecule has 1 amide bonds. The van der Waals surface area contributed by atoms with Crippen molar-refractivity contribution in [3.63, 3.8) is 0 Å². The van der Waals surface area contributed by atoms with Crippen LogP contribution in [0.25, 0.3) is 11.1 Å². The molecule has 3 aromatic rings. The highest BCUT2D eigenvalue weighted by Crippen LogP contribution is 2.21. The van der Waals surface area contributed by atoms with E-state index in [-0.39, 0.29) is 18.7 Å². The summed E-state index contributed by atoms with van der Waals surface area (Å²) in [5.74, 6) is -0.0315. The Morgan fingerprint density at radius 3 is 1.97 bits per heavy atom. The maximum atomic E-state index is 12.1. The van der Waals surface area contributed by atoms with E-state index in [1.165, 1.54) is 0 Å². The summed E-state index contributed by atoms with van der Waals surface area (Å²) in [5.41, 5.74) is 4.94. The number of anilines is 1. The predicted molar refractivity (Wildman–Crippen MR) is 111 cm³/mol. The lowest BCUT2D eigenvalue weighted by Crippen LogP contribution is -2.12. The average Bonchev–Trinajstić information content (AvgIpc) is 2.73. The molecule has 0 aliphatic rings. The standard InChI is InChI=1S/C22H20ClNO2.CO2/c23-20-2-1-3-21(14-20)24-22(26)13-8-16-4-9-18(10-5-16)19-11-6-17(15-25)7-12-19;2-1-3/h1-7,9-12,14,25H,8,13,15H2,(H,24,26);. The first-order valence-corrected chi connectivity index (χ1v) is 9.27. The molecule has 5 nitrogen and oxygen atoms in total. The van der Waals surface area contributed by atoms with E-state index in [2.05, 4.69) is 17.4 Å². The van der Waals surface area contributed by atoms with Gasteiger partial charge in [0, 0.05) is 17.1 Å². The van der Waals surface area contributed by atoms with Crippen LogP contribution >= 0.6 is 11.6 Å². The van der Waals surface area contributed by atoms with Gasteiger partial charge in [0.2, 0.25) is 5.91 Å². The lowest BCUT2D eigenvalue weighted by atomic mass is 10.0. The fourth-order valence-corrected chi connectivity index (χ4v) is 2.90. The van der Waals surface area contributed by atoms with Gasteiger partial charge in [-0.3, -0.25) is 4.79 Å². The Morgan fingerprint density at radius 1 is 0.897 bits per heavy atom. The molecule has 148 valence electrons. The number of aliphatic hydroxyl groups is 1. The summed E-state index contributed by atoms with van der Waals surface area (Å²) in [4.78, 5) is 28.3. The maximum Gasteiger partial charge on any atom is 0.373 e. The van der Waals surface area contributed by atoms with Gasteiger partial charge in [-0.1, -0.05) is 66.2 Å². The summed E-state index contributed by atoms with van der Waals surface area (Å²) < 4.78 is 0. The smallest absolute Gasteiger partial charge is 0.373 e. The molecule has 0 atom stereocenters. The number of aliphatic hydroxyl groups excluding tert-OH is 1. The van der Waals surface area contributed by atoms with E-state index < -0.39 is 0 Å². The second kappa shape index (κ2) is 11.6. The van der Waals surface area contributed by atoms with Crippen LogP contribution in [0.3, 0.4) is 0 Å². The maximum absolute atomic E-state index is 12.1. The van der Waals surface area contributed by atoms with Crippen LogP contribution in [0.1, 0.15) is 17.5 Å². The molecule has 6 heteroatoms. The second-order valence-corrected chi connectivity index (χ2v) is 6.63. The molecule has 3 aromatic carbocycles. The lowest BCUT2D eigenvalue weighted by Gasteiger charge is -2.07. The number of carbonyl (C=O) groups excluding carboxylic acids is 3. The Kier molecular flexibility index (Phi) is 8.80. The Bertz CT molecular complexity index is 963. The van der Waals surface area contributed by atoms with Crippen molar-refractivity contribution in [1.82, 2.24) is 0 Å². The summed E-state index contributed by atoms with van der Waals surface area (Å²) in [7, 11) is 0. The van der Waals surface area contributed by atoms with Gasteiger partial charge < -0.3 is 10.4 Å². The Labute approximate surface area is 174 Å². The predicted octanol–water partition coefficient (Wildman–Crippen LogP) is 4.49. The van der Waals surface area contributed by atoms with E-state index in [1.807, 2.05) is 48.5 Å². The van der Waals surface area contributed by atoms with E-state index in [9.17, 15) is 4.79 Å². The molecule has 0 aromatic heterocycles. The van der Waals surface area contributed by atoms with Crippen molar-refractivity contribution < 1.29 is 19.5 Å². The van der Waals surface area contributed by atoms with Crippen LogP contribution < -0.4 is 5.32 Å². The van der Waals surface area contributed by atoms with Gasteiger partial charge in [-0.2, -0.15) is 9.59 Å². The first-order valence-electron chi connectivity index (χ1n) is 8.89. The van der Waals surface area contributed by atoms with Crippen LogP contribution in [0.2, 0.25) is 5.02 Å². The molecule has 0 aliphatic heterocycles. The van der Waals surface area contributed by atoms with Crippen molar-refractivity contribution >= 4 is 29.3 Å². The zero-order valence-electron chi connectivity index (χ0n) is 15.6. The van der Waals surface area contributed by atoms with Gasteiger partial charge in [0.1, 0.15) is 0 Å². The Hall–Kier alpha value is -3.24. The molecule has 0 unspecified atom stereocenters. The SMILES string of the molecule is O=C(CCc1ccc(-c2ccc(CO)cc2)cc1)Nc1cccc(Cl)c1.O=C=O. The molecule has 0 heterocycles. The minimum Gasteiger partial charge on any atom is -0.392 e. The number of amides is 1. The van der Waals surface area contributed by atoms with Crippen molar-refractivity contribution in [1.29, 1.82) is 0 Å². The van der Waals surface area contributed by atoms with Gasteiger partial charge in [0.25, 0.3) is 0 Å². The summed E-state index contributed by atoms with van der Waals surface area (Å²) >= 11 is 5.92. The first-order chi connectivity index (χ1) is 14.0. The third kappa shape index (κ3) is 7.35. The van der Waals surface area contributed by atoms with Crippen LogP contribution in [-0.2, 0) is 27.4 Å². The average molecular weight is 410 g/mol. The number of aryl methyl sites for hydroxylation is 1. The fourth-order valence-electron chi connectivity index (χ4n) is 2.71. The quantitative estimate of drug-likeness (QED) is 0.628. The minimum atomic E-state index is -0.0315. The van der Waals surface area contributed by atoms with E-state index in [0.29, 0.717) is 23.6 Å². The van der Waals surface area contributed by atoms with Gasteiger partial charge in [-0.25, -0.2) is 0 Å². The Balaban J connectivity index is 0.000000941. The van der Waals surface area contributed by atoms with Gasteiger partial charge in [-0.05, 0) is 46.9 Å². The van der Waals surface area contributed by atoms with Crippen LogP contribution in [0.5, 0.6) is 0 Å². The van der Waals surface area contributed by atoms with Gasteiger partial charge in [0.05, 0.1) is 6.61 Å². The van der Waals surface area contributed by atoms with Crippen LogP contribution in [0.4, 0.5) is 5.69 Å². The van der Waals surface area contributed by atoms with Crippen molar-refractivity contribution in [3.05, 3.63) is 88.9 Å². The van der Waals surface area contributed by atoms with E-state index in [4.69, 9.17) is 26.3 Å². The molecule has 2 N–H and O–H groups in total. The number of hydrogen-bond donors (Lipinski definition) is 2. The number of carbonyl (C=O) groups is 1. The highest BCUT2D eigenvalue weighted by Gasteiger charge is 2.05. The molecule has 0 bridgehead atoms. The molecule has 0 saturated heterocycles. The first kappa shape index (κ1) is 22.1. The van der Waals surface area contributed by atoms with Crippen molar-refractivity contribution in [3.8, 4) is 11.1 Å². The Morgan fingerprint density at radius 2 is 1.45 bits per heavy atom. The monoisotopic (exact) mass is 409 g/mol. The zero-order chi connectivity index (χ0) is 21.1. The van der Waals surface area contributed by atoms with Crippen molar-refractivity contribution in [2.45, 2.75) is 19.4 Å². The normalized spacial score (nSPS) is 9.72. The fraction of sp³-hybridized carbons (Fsp3) is 0.130. The topological polar surface area (TPSA) is 83.5 Å². The zero-order valence-corrected chi connectivity index (χ0v) is 16.4.